The van der Waals surface area contributed by atoms with Gasteiger partial charge in [0.2, 0.25) is 0 Å². The third kappa shape index (κ3) is 3.71. The normalized spacial score (nSPS) is 25.4. The first kappa shape index (κ1) is 19.2. The fourth-order valence-electron chi connectivity index (χ4n) is 4.22. The summed E-state index contributed by atoms with van der Waals surface area (Å²) in [7, 11) is 4.10. The smallest absolute Gasteiger partial charge is 0.113 e. The number of nitrogens with one attached hydrogen (secondary N) is 1. The molecule has 1 aromatic heterocycles. The summed E-state index contributed by atoms with van der Waals surface area (Å²) in [6.45, 7) is 2.02. The highest BCUT2D eigenvalue weighted by molar-refractivity contribution is 5.57. The van der Waals surface area contributed by atoms with Gasteiger partial charge in [-0.05, 0) is 17.7 Å². The lowest BCUT2D eigenvalue weighted by Gasteiger charge is -2.18. The van der Waals surface area contributed by atoms with Crippen LogP contribution in [0.2, 0.25) is 0 Å². The number of ether oxygens (including phenoxy) is 2. The molecule has 2 aliphatic heterocycles. The van der Waals surface area contributed by atoms with Crippen LogP contribution in [0.5, 0.6) is 0 Å². The van der Waals surface area contributed by atoms with E-state index in [1.807, 2.05) is 41.2 Å². The fraction of sp³-hybridized carbons (Fsp3) is 0.391. The summed E-state index contributed by atoms with van der Waals surface area (Å²) in [6, 6.07) is 18.9. The molecule has 5 rings (SSSR count). The zero-order valence-electron chi connectivity index (χ0n) is 17.3. The molecule has 156 valence electrons. The van der Waals surface area contributed by atoms with Gasteiger partial charge >= 0.3 is 0 Å². The van der Waals surface area contributed by atoms with Crippen LogP contribution in [0.1, 0.15) is 11.6 Å². The summed E-state index contributed by atoms with van der Waals surface area (Å²) in [6.07, 6.45) is 2.01. The first-order valence-electron chi connectivity index (χ1n) is 10.4. The Kier molecular flexibility index (Phi) is 5.25. The van der Waals surface area contributed by atoms with Crippen LogP contribution in [-0.4, -0.2) is 60.6 Å². The summed E-state index contributed by atoms with van der Waals surface area (Å²) < 4.78 is 14.2. The van der Waals surface area contributed by atoms with Gasteiger partial charge in [-0.25, -0.2) is 4.68 Å². The van der Waals surface area contributed by atoms with Gasteiger partial charge in [0.05, 0.1) is 25.5 Å². The molecule has 2 aromatic carbocycles. The highest BCUT2D eigenvalue weighted by Crippen LogP contribution is 2.34. The van der Waals surface area contributed by atoms with E-state index in [0.717, 1.165) is 17.8 Å². The monoisotopic (exact) mass is 405 g/mol. The van der Waals surface area contributed by atoms with Gasteiger partial charge in [0.15, 0.2) is 0 Å². The van der Waals surface area contributed by atoms with Crippen molar-refractivity contribution in [2.24, 2.45) is 0 Å². The van der Waals surface area contributed by atoms with Crippen LogP contribution in [0.4, 0.5) is 5.69 Å². The largest absolute Gasteiger partial charge is 0.378 e. The molecule has 30 heavy (non-hydrogen) atoms. The maximum absolute atomic E-state index is 6.13. The molecule has 2 saturated heterocycles. The van der Waals surface area contributed by atoms with Crippen molar-refractivity contribution in [2.75, 3.05) is 32.2 Å². The molecule has 7 heteroatoms. The number of benzene rings is 2. The molecule has 4 unspecified atom stereocenters. The second kappa shape index (κ2) is 8.18. The van der Waals surface area contributed by atoms with Crippen LogP contribution >= 0.6 is 0 Å². The Hall–Kier alpha value is -2.74. The number of rotatable bonds is 6. The van der Waals surface area contributed by atoms with Crippen molar-refractivity contribution in [3.8, 4) is 11.3 Å². The number of aromatic nitrogens is 3. The first-order chi connectivity index (χ1) is 14.7. The van der Waals surface area contributed by atoms with E-state index in [2.05, 4.69) is 58.9 Å². The van der Waals surface area contributed by atoms with E-state index < -0.39 is 0 Å². The maximum atomic E-state index is 6.13. The van der Waals surface area contributed by atoms with Crippen LogP contribution in [0, 0.1) is 0 Å². The zero-order chi connectivity index (χ0) is 20.5. The lowest BCUT2D eigenvalue weighted by atomic mass is 10.1. The number of hydrogen-bond acceptors (Lipinski definition) is 6. The van der Waals surface area contributed by atoms with Crippen LogP contribution in [0.15, 0.2) is 60.8 Å². The minimum Gasteiger partial charge on any atom is -0.378 e. The number of fused-ring (bicyclic) bond motifs is 1. The first-order valence-corrected chi connectivity index (χ1v) is 10.4. The molecule has 2 aliphatic rings. The quantitative estimate of drug-likeness (QED) is 0.680. The molecule has 4 atom stereocenters. The van der Waals surface area contributed by atoms with Gasteiger partial charge in [-0.15, -0.1) is 5.10 Å². The van der Waals surface area contributed by atoms with Gasteiger partial charge in [-0.1, -0.05) is 47.7 Å². The molecule has 3 aromatic rings. The average molecular weight is 406 g/mol. The SMILES string of the molecule is CN(C)c1ccc(CNC2COC3C2OCC3n2cc(-c3ccccc3)nn2)cc1. The van der Waals surface area contributed by atoms with E-state index >= 15 is 0 Å². The van der Waals surface area contributed by atoms with Crippen molar-refractivity contribution in [3.63, 3.8) is 0 Å². The Balaban J connectivity index is 1.21. The predicted octanol–water partition coefficient (Wildman–Crippen LogP) is 2.51. The Bertz CT molecular complexity index is 973. The molecule has 3 heterocycles. The Morgan fingerprint density at radius 3 is 2.53 bits per heavy atom. The third-order valence-electron chi connectivity index (χ3n) is 5.97. The topological polar surface area (TPSA) is 64.4 Å². The standard InChI is InChI=1S/C23H27N5O2/c1-27(2)18-10-8-16(9-11-18)12-24-20-14-29-23-21(15-30-22(20)23)28-13-19(25-26-28)17-6-4-3-5-7-17/h3-11,13,20-24H,12,14-15H2,1-2H3. The molecule has 1 N–H and O–H groups in total. The van der Waals surface area contributed by atoms with Crippen molar-refractivity contribution < 1.29 is 9.47 Å². The Labute approximate surface area is 176 Å². The summed E-state index contributed by atoms with van der Waals surface area (Å²) in [4.78, 5) is 2.10. The zero-order valence-corrected chi connectivity index (χ0v) is 17.3. The molecule has 0 radical (unpaired) electrons. The summed E-state index contributed by atoms with van der Waals surface area (Å²) in [5.74, 6) is 0. The lowest BCUT2D eigenvalue weighted by molar-refractivity contribution is 0.0620. The number of anilines is 1. The molecule has 2 fully saturated rings. The van der Waals surface area contributed by atoms with Crippen molar-refractivity contribution in [1.82, 2.24) is 20.3 Å². The average Bonchev–Trinajstić information content (AvgIpc) is 3.50. The van der Waals surface area contributed by atoms with Gasteiger partial charge in [-0.3, -0.25) is 0 Å². The molecular weight excluding hydrogens is 378 g/mol. The fourth-order valence-corrected chi connectivity index (χ4v) is 4.22. The Morgan fingerprint density at radius 2 is 1.77 bits per heavy atom. The molecular formula is C23H27N5O2. The van der Waals surface area contributed by atoms with E-state index in [-0.39, 0.29) is 24.3 Å². The second-order valence-corrected chi connectivity index (χ2v) is 8.16. The van der Waals surface area contributed by atoms with Crippen LogP contribution in [0.25, 0.3) is 11.3 Å². The molecule has 0 saturated carbocycles. The lowest BCUT2D eigenvalue weighted by Crippen LogP contribution is -2.40. The van der Waals surface area contributed by atoms with Crippen molar-refractivity contribution in [1.29, 1.82) is 0 Å². The van der Waals surface area contributed by atoms with E-state index in [1.165, 1.54) is 11.3 Å². The highest BCUT2D eigenvalue weighted by atomic mass is 16.6. The van der Waals surface area contributed by atoms with E-state index in [4.69, 9.17) is 9.47 Å². The van der Waals surface area contributed by atoms with E-state index in [0.29, 0.717) is 13.2 Å². The molecule has 7 nitrogen and oxygen atoms in total. The minimum absolute atomic E-state index is 0.0102. The van der Waals surface area contributed by atoms with Gasteiger partial charge in [0, 0.05) is 31.9 Å². The second-order valence-electron chi connectivity index (χ2n) is 8.16. The van der Waals surface area contributed by atoms with Crippen molar-refractivity contribution in [2.45, 2.75) is 30.8 Å². The summed E-state index contributed by atoms with van der Waals surface area (Å²) in [5, 5.41) is 12.3. The number of hydrogen-bond donors (Lipinski definition) is 1. The van der Waals surface area contributed by atoms with Crippen LogP contribution < -0.4 is 10.2 Å². The minimum atomic E-state index is -0.0102. The van der Waals surface area contributed by atoms with Gasteiger partial charge < -0.3 is 19.7 Å². The molecule has 0 amide bonds. The summed E-state index contributed by atoms with van der Waals surface area (Å²) in [5.41, 5.74) is 4.38. The molecule has 0 aliphatic carbocycles. The maximum Gasteiger partial charge on any atom is 0.113 e. The van der Waals surface area contributed by atoms with Crippen molar-refractivity contribution in [3.05, 3.63) is 66.4 Å². The molecule has 0 spiro atoms. The number of nitrogens with zero attached hydrogens (tertiary/aromatic N) is 4. The summed E-state index contributed by atoms with van der Waals surface area (Å²) >= 11 is 0. The van der Waals surface area contributed by atoms with Crippen LogP contribution in [0.3, 0.4) is 0 Å². The third-order valence-corrected chi connectivity index (χ3v) is 5.97. The predicted molar refractivity (Wildman–Crippen MR) is 115 cm³/mol. The van der Waals surface area contributed by atoms with Gasteiger partial charge in [-0.2, -0.15) is 0 Å². The van der Waals surface area contributed by atoms with Crippen LogP contribution in [-0.2, 0) is 16.0 Å². The highest BCUT2D eigenvalue weighted by Gasteiger charge is 2.48. The van der Waals surface area contributed by atoms with Gasteiger partial charge in [0.1, 0.15) is 23.9 Å². The van der Waals surface area contributed by atoms with Gasteiger partial charge in [0.25, 0.3) is 0 Å². The Morgan fingerprint density at radius 1 is 1.00 bits per heavy atom. The molecule has 0 bridgehead atoms. The van der Waals surface area contributed by atoms with E-state index in [1.54, 1.807) is 0 Å². The van der Waals surface area contributed by atoms with Crippen molar-refractivity contribution >= 4 is 5.69 Å². The van der Waals surface area contributed by atoms with E-state index in [9.17, 15) is 0 Å².